The lowest BCUT2D eigenvalue weighted by atomic mass is 10.2. The molecule has 5 rings (SSSR count). The lowest BCUT2D eigenvalue weighted by Gasteiger charge is -2.09. The van der Waals surface area contributed by atoms with Gasteiger partial charge in [0.25, 0.3) is 0 Å². The zero-order chi connectivity index (χ0) is 21.0. The van der Waals surface area contributed by atoms with E-state index in [1.165, 1.54) is 15.4 Å². The van der Waals surface area contributed by atoms with E-state index in [-0.39, 0.29) is 23.4 Å². The highest BCUT2D eigenvalue weighted by Gasteiger charge is 2.38. The molecule has 1 aliphatic rings. The van der Waals surface area contributed by atoms with Crippen LogP contribution in [0.15, 0.2) is 41.3 Å². The number of imidazole rings is 1. The van der Waals surface area contributed by atoms with Crippen molar-refractivity contribution in [2.75, 3.05) is 0 Å². The van der Waals surface area contributed by atoms with Crippen molar-refractivity contribution in [1.82, 2.24) is 29.3 Å². The first-order chi connectivity index (χ1) is 14.3. The standard InChI is InChI=1S/C19H14ClF3N6O/c20-17-24-8-13-16(26-17)28(18(30)25-13)9-10-1-5-12(6-2-10)29-14(11-3-4-11)7-15(27-29)19(21,22)23/h1-2,5-8,11H,3-4,9H2,(H,25,30). The number of nitrogens with zero attached hydrogens (tertiary/aromatic N) is 5. The highest BCUT2D eigenvalue weighted by Crippen LogP contribution is 2.42. The highest BCUT2D eigenvalue weighted by atomic mass is 35.5. The molecule has 1 fully saturated rings. The van der Waals surface area contributed by atoms with E-state index in [4.69, 9.17) is 11.6 Å². The van der Waals surface area contributed by atoms with Crippen LogP contribution >= 0.6 is 11.6 Å². The second-order valence-corrected chi connectivity index (χ2v) is 7.54. The van der Waals surface area contributed by atoms with Gasteiger partial charge in [-0.25, -0.2) is 14.5 Å². The van der Waals surface area contributed by atoms with Gasteiger partial charge in [-0.05, 0) is 48.2 Å². The quantitative estimate of drug-likeness (QED) is 0.494. The average molecular weight is 435 g/mol. The molecule has 30 heavy (non-hydrogen) atoms. The Hall–Kier alpha value is -3.14. The fraction of sp³-hybridized carbons (Fsp3) is 0.263. The zero-order valence-electron chi connectivity index (χ0n) is 15.3. The molecule has 154 valence electrons. The Morgan fingerprint density at radius 1 is 1.20 bits per heavy atom. The van der Waals surface area contributed by atoms with E-state index in [0.29, 0.717) is 22.5 Å². The number of fused-ring (bicyclic) bond motifs is 1. The Morgan fingerprint density at radius 2 is 1.93 bits per heavy atom. The molecule has 0 aliphatic heterocycles. The Labute approximate surface area is 172 Å². The van der Waals surface area contributed by atoms with Crippen LogP contribution in [0, 0.1) is 0 Å². The summed E-state index contributed by atoms with van der Waals surface area (Å²) in [6.07, 6.45) is -1.35. The minimum absolute atomic E-state index is 0.0253. The van der Waals surface area contributed by atoms with Gasteiger partial charge in [0.2, 0.25) is 5.28 Å². The summed E-state index contributed by atoms with van der Waals surface area (Å²) in [6, 6.07) is 8.00. The van der Waals surface area contributed by atoms with E-state index in [1.54, 1.807) is 24.3 Å². The fourth-order valence-electron chi connectivity index (χ4n) is 3.41. The van der Waals surface area contributed by atoms with Gasteiger partial charge in [0.1, 0.15) is 5.52 Å². The Kier molecular flexibility index (Phi) is 4.21. The largest absolute Gasteiger partial charge is 0.435 e. The third-order valence-corrected chi connectivity index (χ3v) is 5.21. The van der Waals surface area contributed by atoms with Crippen LogP contribution in [0.3, 0.4) is 0 Å². The normalized spacial score (nSPS) is 14.5. The second-order valence-electron chi connectivity index (χ2n) is 7.20. The molecule has 1 saturated carbocycles. The number of alkyl halides is 3. The molecule has 0 spiro atoms. The van der Waals surface area contributed by atoms with Gasteiger partial charge in [-0.1, -0.05) is 12.1 Å². The minimum atomic E-state index is -4.49. The predicted octanol–water partition coefficient (Wildman–Crippen LogP) is 3.90. The van der Waals surface area contributed by atoms with Crippen LogP contribution in [0.25, 0.3) is 16.9 Å². The van der Waals surface area contributed by atoms with Gasteiger partial charge in [-0.2, -0.15) is 23.3 Å². The van der Waals surface area contributed by atoms with Crippen LogP contribution in [0.5, 0.6) is 0 Å². The van der Waals surface area contributed by atoms with Crippen LogP contribution in [0.2, 0.25) is 5.28 Å². The van der Waals surface area contributed by atoms with Crippen molar-refractivity contribution in [2.45, 2.75) is 31.5 Å². The van der Waals surface area contributed by atoms with Crippen LogP contribution < -0.4 is 5.69 Å². The van der Waals surface area contributed by atoms with E-state index < -0.39 is 11.9 Å². The van der Waals surface area contributed by atoms with Crippen LogP contribution in [-0.2, 0) is 12.7 Å². The van der Waals surface area contributed by atoms with Crippen molar-refractivity contribution >= 4 is 22.8 Å². The summed E-state index contributed by atoms with van der Waals surface area (Å²) in [7, 11) is 0. The number of halogens is 4. The Bertz CT molecular complexity index is 1300. The van der Waals surface area contributed by atoms with Gasteiger partial charge in [0.05, 0.1) is 18.4 Å². The summed E-state index contributed by atoms with van der Waals surface area (Å²) in [5.41, 5.74) is 1.46. The molecule has 1 N–H and O–H groups in total. The molecule has 0 saturated heterocycles. The number of hydrogen-bond donors (Lipinski definition) is 1. The first-order valence-electron chi connectivity index (χ1n) is 9.17. The summed E-state index contributed by atoms with van der Waals surface area (Å²) < 4.78 is 42.1. The van der Waals surface area contributed by atoms with Crippen molar-refractivity contribution in [3.05, 3.63) is 69.2 Å². The zero-order valence-corrected chi connectivity index (χ0v) is 16.1. The molecule has 1 aliphatic carbocycles. The van der Waals surface area contributed by atoms with Crippen molar-refractivity contribution in [2.24, 2.45) is 0 Å². The monoisotopic (exact) mass is 434 g/mol. The first kappa shape index (κ1) is 18.9. The summed E-state index contributed by atoms with van der Waals surface area (Å²) in [6.45, 7) is 0.217. The Balaban J connectivity index is 1.48. The third-order valence-electron chi connectivity index (χ3n) is 5.03. The van der Waals surface area contributed by atoms with Crippen molar-refractivity contribution in [1.29, 1.82) is 0 Å². The number of aromatic nitrogens is 6. The molecule has 0 unspecified atom stereocenters. The number of rotatable bonds is 4. The summed E-state index contributed by atoms with van der Waals surface area (Å²) in [5.74, 6) is 0.0995. The van der Waals surface area contributed by atoms with Crippen molar-refractivity contribution < 1.29 is 13.2 Å². The number of hydrogen-bond acceptors (Lipinski definition) is 4. The van der Waals surface area contributed by atoms with Crippen LogP contribution in [0.1, 0.15) is 35.7 Å². The Morgan fingerprint density at radius 3 is 2.60 bits per heavy atom. The molecule has 1 aromatic carbocycles. The fourth-order valence-corrected chi connectivity index (χ4v) is 3.54. The first-order valence-corrected chi connectivity index (χ1v) is 9.55. The van der Waals surface area contributed by atoms with Crippen LogP contribution in [-0.4, -0.2) is 29.3 Å². The van der Waals surface area contributed by atoms with Gasteiger partial charge in [-0.15, -0.1) is 0 Å². The maximum absolute atomic E-state index is 13.1. The van der Waals surface area contributed by atoms with E-state index in [9.17, 15) is 18.0 Å². The molecular weight excluding hydrogens is 421 g/mol. The smallest absolute Gasteiger partial charge is 0.303 e. The van der Waals surface area contributed by atoms with E-state index in [0.717, 1.165) is 24.5 Å². The molecule has 3 heterocycles. The van der Waals surface area contributed by atoms with Crippen molar-refractivity contribution in [3.63, 3.8) is 0 Å². The average Bonchev–Trinajstić information content (AvgIpc) is 3.37. The van der Waals surface area contributed by atoms with E-state index in [2.05, 4.69) is 20.1 Å². The lowest BCUT2D eigenvalue weighted by Crippen LogP contribution is -2.17. The van der Waals surface area contributed by atoms with E-state index >= 15 is 0 Å². The van der Waals surface area contributed by atoms with E-state index in [1.807, 2.05) is 0 Å². The third kappa shape index (κ3) is 3.36. The molecule has 3 aromatic heterocycles. The van der Waals surface area contributed by atoms with Gasteiger partial charge in [0, 0.05) is 11.6 Å². The maximum Gasteiger partial charge on any atom is 0.435 e. The maximum atomic E-state index is 13.1. The highest BCUT2D eigenvalue weighted by molar-refractivity contribution is 6.28. The lowest BCUT2D eigenvalue weighted by molar-refractivity contribution is -0.141. The molecule has 0 bridgehead atoms. The number of benzene rings is 1. The molecule has 0 amide bonds. The number of H-pyrrole nitrogens is 1. The molecule has 0 radical (unpaired) electrons. The molecule has 11 heteroatoms. The molecule has 0 atom stereocenters. The molecule has 7 nitrogen and oxygen atoms in total. The summed E-state index contributed by atoms with van der Waals surface area (Å²) >= 11 is 5.83. The topological polar surface area (TPSA) is 81.4 Å². The predicted molar refractivity (Wildman–Crippen MR) is 103 cm³/mol. The SMILES string of the molecule is O=c1[nH]c2cnc(Cl)nc2n1Cc1ccc(-n2nc(C(F)(F)F)cc2C2CC2)cc1. The van der Waals surface area contributed by atoms with Gasteiger partial charge in [0.15, 0.2) is 11.3 Å². The van der Waals surface area contributed by atoms with Gasteiger partial charge in [-0.3, -0.25) is 4.57 Å². The van der Waals surface area contributed by atoms with Gasteiger partial charge < -0.3 is 4.98 Å². The second kappa shape index (κ2) is 6.69. The summed E-state index contributed by atoms with van der Waals surface area (Å²) in [5, 5.41) is 3.81. The van der Waals surface area contributed by atoms with Gasteiger partial charge >= 0.3 is 11.9 Å². The molecule has 4 aromatic rings. The number of nitrogens with one attached hydrogen (secondary N) is 1. The molecular formula is C19H14ClF3N6O. The summed E-state index contributed by atoms with van der Waals surface area (Å²) in [4.78, 5) is 22.8. The number of aromatic amines is 1. The minimum Gasteiger partial charge on any atom is -0.303 e. The van der Waals surface area contributed by atoms with Crippen LogP contribution in [0.4, 0.5) is 13.2 Å². The van der Waals surface area contributed by atoms with Crippen molar-refractivity contribution in [3.8, 4) is 5.69 Å².